The number of halogens is 1. The van der Waals surface area contributed by atoms with Crippen molar-refractivity contribution >= 4 is 17.4 Å². The maximum Gasteiger partial charge on any atom is 0.381 e. The van der Waals surface area contributed by atoms with Gasteiger partial charge < -0.3 is 29.8 Å². The highest BCUT2D eigenvalue weighted by Gasteiger charge is 2.38. The molecule has 11 heteroatoms. The van der Waals surface area contributed by atoms with E-state index in [0.717, 1.165) is 22.5 Å². The molecule has 5 rings (SSSR count). The fraction of sp³-hybridized carbons (Fsp3) is 0.207. The molecule has 0 bridgehead atoms. The summed E-state index contributed by atoms with van der Waals surface area (Å²) in [6, 6.07) is 19.2. The van der Waals surface area contributed by atoms with Crippen LogP contribution in [0.4, 0.5) is 0 Å². The van der Waals surface area contributed by atoms with Gasteiger partial charge in [0.2, 0.25) is 0 Å². The van der Waals surface area contributed by atoms with E-state index in [1.165, 1.54) is 6.33 Å². The van der Waals surface area contributed by atoms with Gasteiger partial charge in [0.15, 0.2) is 11.3 Å². The summed E-state index contributed by atoms with van der Waals surface area (Å²) in [4.78, 5) is 23.9. The van der Waals surface area contributed by atoms with Crippen LogP contribution in [0.3, 0.4) is 0 Å². The lowest BCUT2D eigenvalue weighted by atomic mass is 9.94. The minimum atomic E-state index is -0.813. The molecule has 1 aliphatic heterocycles. The van der Waals surface area contributed by atoms with Crippen LogP contribution in [0.5, 0.6) is 11.5 Å². The molecule has 0 saturated carbocycles. The Kier molecular flexibility index (Phi) is 7.90. The van der Waals surface area contributed by atoms with Crippen LogP contribution in [0.1, 0.15) is 13.3 Å². The van der Waals surface area contributed by atoms with Gasteiger partial charge >= 0.3 is 5.84 Å². The molecule has 40 heavy (non-hydrogen) atoms. The Morgan fingerprint density at radius 3 is 2.50 bits per heavy atom. The normalized spacial score (nSPS) is 16.7. The van der Waals surface area contributed by atoms with Gasteiger partial charge in [-0.3, -0.25) is 0 Å². The molecule has 10 nitrogen and oxygen atoms in total. The lowest BCUT2D eigenvalue weighted by molar-refractivity contribution is -0.350. The standard InChI is InChI=1S/C29H27ClN6O4/c1-29(13-12-25(33-14-15-37)28(34-29)36(38)39)18-35-26(10-11-27(35)23-4-2-3-5-24(23)30)20-6-8-21(9-7-20)40-22-16-31-19-32-17-22/h2-12,16-17,19,33,37H,13-15,18H2,1H3. The van der Waals surface area contributed by atoms with Crippen LogP contribution < -0.4 is 10.1 Å². The van der Waals surface area contributed by atoms with Crippen LogP contribution in [0.15, 0.2) is 96.2 Å². The molecular weight excluding hydrogens is 532 g/mol. The third-order valence-electron chi connectivity index (χ3n) is 6.51. The van der Waals surface area contributed by atoms with Gasteiger partial charge in [0.05, 0.1) is 31.2 Å². The van der Waals surface area contributed by atoms with Crippen molar-refractivity contribution in [2.24, 2.45) is 4.99 Å². The summed E-state index contributed by atoms with van der Waals surface area (Å²) in [6.45, 7) is 2.31. The van der Waals surface area contributed by atoms with Gasteiger partial charge in [-0.2, -0.15) is 0 Å². The number of aromatic nitrogens is 3. The molecular formula is C29H27ClN6O4. The summed E-state index contributed by atoms with van der Waals surface area (Å²) in [5.41, 5.74) is 3.04. The molecule has 1 aliphatic rings. The Bertz CT molecular complexity index is 1570. The molecule has 204 valence electrons. The summed E-state index contributed by atoms with van der Waals surface area (Å²) in [6.07, 6.45) is 6.86. The number of amidine groups is 1. The maximum atomic E-state index is 11.9. The van der Waals surface area contributed by atoms with Gasteiger partial charge in [-0.05, 0) is 66.0 Å². The molecule has 2 aromatic carbocycles. The monoisotopic (exact) mass is 558 g/mol. The van der Waals surface area contributed by atoms with E-state index in [1.54, 1.807) is 18.5 Å². The van der Waals surface area contributed by atoms with E-state index in [1.807, 2.05) is 67.6 Å². The molecule has 4 aromatic rings. The number of aliphatic hydroxyl groups excluding tert-OH is 1. The predicted octanol–water partition coefficient (Wildman–Crippen LogP) is 5.36. The summed E-state index contributed by atoms with van der Waals surface area (Å²) >= 11 is 6.60. The number of dihydropyridines is 1. The van der Waals surface area contributed by atoms with Gasteiger partial charge in [0.1, 0.15) is 17.8 Å². The Labute approximate surface area is 235 Å². The Hall–Kier alpha value is -4.54. The van der Waals surface area contributed by atoms with Crippen molar-refractivity contribution in [2.75, 3.05) is 13.2 Å². The smallest absolute Gasteiger partial charge is 0.381 e. The van der Waals surface area contributed by atoms with E-state index in [9.17, 15) is 10.1 Å². The van der Waals surface area contributed by atoms with Crippen molar-refractivity contribution in [1.82, 2.24) is 19.9 Å². The topological polar surface area (TPSA) is 128 Å². The second kappa shape index (κ2) is 11.7. The predicted molar refractivity (Wildman–Crippen MR) is 153 cm³/mol. The summed E-state index contributed by atoms with van der Waals surface area (Å²) in [7, 11) is 0. The molecule has 1 atom stereocenters. The van der Waals surface area contributed by atoms with E-state index >= 15 is 0 Å². The summed E-state index contributed by atoms with van der Waals surface area (Å²) < 4.78 is 7.94. The van der Waals surface area contributed by atoms with Gasteiger partial charge in [0, 0.05) is 29.2 Å². The third kappa shape index (κ3) is 5.88. The molecule has 0 aliphatic carbocycles. The molecule has 3 heterocycles. The zero-order chi connectivity index (χ0) is 28.1. The Morgan fingerprint density at radius 2 is 1.80 bits per heavy atom. The fourth-order valence-electron chi connectivity index (χ4n) is 4.66. The number of hydrogen-bond donors (Lipinski definition) is 2. The van der Waals surface area contributed by atoms with Crippen molar-refractivity contribution in [1.29, 1.82) is 0 Å². The first-order valence-electron chi connectivity index (χ1n) is 12.6. The van der Waals surface area contributed by atoms with E-state index in [4.69, 9.17) is 21.4 Å². The third-order valence-corrected chi connectivity index (χ3v) is 6.84. The summed E-state index contributed by atoms with van der Waals surface area (Å²) in [5.74, 6) is 0.919. The molecule has 0 radical (unpaired) electrons. The zero-order valence-corrected chi connectivity index (χ0v) is 22.5. The molecule has 0 saturated heterocycles. The fourth-order valence-corrected chi connectivity index (χ4v) is 4.89. The van der Waals surface area contributed by atoms with Gasteiger partial charge in [-0.15, -0.1) is 0 Å². The number of nitro groups is 1. The van der Waals surface area contributed by atoms with Crippen molar-refractivity contribution in [2.45, 2.75) is 25.4 Å². The molecule has 2 aromatic heterocycles. The van der Waals surface area contributed by atoms with E-state index in [0.29, 0.717) is 35.2 Å². The quantitative estimate of drug-likeness (QED) is 0.209. The lowest BCUT2D eigenvalue weighted by Crippen LogP contribution is -2.38. The second-order valence-corrected chi connectivity index (χ2v) is 9.94. The minimum Gasteiger partial charge on any atom is -0.454 e. The molecule has 0 amide bonds. The number of rotatable bonds is 9. The molecule has 1 unspecified atom stereocenters. The average Bonchev–Trinajstić information content (AvgIpc) is 3.36. The van der Waals surface area contributed by atoms with Gasteiger partial charge in [0.25, 0.3) is 0 Å². The lowest BCUT2D eigenvalue weighted by Gasteiger charge is -2.26. The van der Waals surface area contributed by atoms with Crippen LogP contribution in [0.25, 0.3) is 22.5 Å². The number of ether oxygens (including phenoxy) is 1. The molecule has 2 N–H and O–H groups in total. The van der Waals surface area contributed by atoms with E-state index < -0.39 is 10.5 Å². The van der Waals surface area contributed by atoms with Crippen LogP contribution in [0, 0.1) is 10.1 Å². The number of aliphatic hydroxyl groups is 1. The van der Waals surface area contributed by atoms with Crippen LogP contribution in [-0.4, -0.2) is 49.1 Å². The molecule has 0 spiro atoms. The first-order valence-corrected chi connectivity index (χ1v) is 13.0. The number of nitrogens with zero attached hydrogens (tertiary/aromatic N) is 5. The minimum absolute atomic E-state index is 0.142. The number of benzene rings is 2. The number of aliphatic imine (C=N–C) groups is 1. The van der Waals surface area contributed by atoms with Crippen molar-refractivity contribution in [3.63, 3.8) is 0 Å². The van der Waals surface area contributed by atoms with E-state index in [2.05, 4.69) is 24.8 Å². The highest BCUT2D eigenvalue weighted by molar-refractivity contribution is 6.33. The van der Waals surface area contributed by atoms with Crippen LogP contribution in [-0.2, 0) is 6.54 Å². The largest absolute Gasteiger partial charge is 0.454 e. The maximum absolute atomic E-state index is 11.9. The van der Waals surface area contributed by atoms with E-state index in [-0.39, 0.29) is 19.0 Å². The van der Waals surface area contributed by atoms with Gasteiger partial charge in [-0.1, -0.05) is 34.8 Å². The molecule has 0 fully saturated rings. The average molecular weight is 559 g/mol. The summed E-state index contributed by atoms with van der Waals surface area (Å²) in [5, 5.41) is 24.5. The zero-order valence-electron chi connectivity index (χ0n) is 21.7. The highest BCUT2D eigenvalue weighted by Crippen LogP contribution is 2.37. The Morgan fingerprint density at radius 1 is 1.07 bits per heavy atom. The van der Waals surface area contributed by atoms with Crippen molar-refractivity contribution in [3.05, 3.63) is 106 Å². The highest BCUT2D eigenvalue weighted by atomic mass is 35.5. The van der Waals surface area contributed by atoms with Crippen molar-refractivity contribution < 1.29 is 14.8 Å². The second-order valence-electron chi connectivity index (χ2n) is 9.53. The Balaban J connectivity index is 1.52. The van der Waals surface area contributed by atoms with Crippen LogP contribution in [0.2, 0.25) is 5.02 Å². The van der Waals surface area contributed by atoms with Crippen molar-refractivity contribution in [3.8, 4) is 34.0 Å². The number of hydrogen-bond acceptors (Lipinski definition) is 8. The van der Waals surface area contributed by atoms with Gasteiger partial charge in [-0.25, -0.2) is 9.97 Å². The number of nitrogens with one attached hydrogen (secondary N) is 1. The SMILES string of the molecule is CC1(Cn2c(-c3ccc(Oc4cncnc4)cc3)ccc2-c2ccccc2Cl)CC=C(NCCO)C([N+](=O)[O-])=N1. The van der Waals surface area contributed by atoms with Crippen LogP contribution >= 0.6 is 11.6 Å². The first kappa shape index (κ1) is 27.0. The first-order chi connectivity index (χ1) is 19.4.